The SMILES string of the molecule is CCCSc1nc(N2CC[C@H](CC(=O)O)C2)ccc1C(=O)NC1C2CC3CC1CC(OC(F)F)(C3)C2.O=C(NC1C2CC3CC1CC(OC(F)F)(C3)C2)c1ccc(N2C[C@@H]3C(C(=O)O)[C@@H]3C2)nc1SC1CCCC1. The zero-order chi connectivity index (χ0) is 51.6. The Bertz CT molecular complexity index is 2400. The van der Waals surface area contributed by atoms with Gasteiger partial charge in [0.25, 0.3) is 11.8 Å². The van der Waals surface area contributed by atoms with Crippen LogP contribution in [-0.4, -0.2) is 118 Å². The van der Waals surface area contributed by atoms with Crippen LogP contribution in [0.1, 0.15) is 137 Å². The zero-order valence-electron chi connectivity index (χ0n) is 42.0. The van der Waals surface area contributed by atoms with Crippen LogP contribution in [0.2, 0.25) is 0 Å². The fourth-order valence-corrected chi connectivity index (χ4v) is 18.3. The smallest absolute Gasteiger partial charge is 0.345 e. The Morgan fingerprint density at radius 2 is 1.20 bits per heavy atom. The van der Waals surface area contributed by atoms with Crippen molar-refractivity contribution in [2.24, 2.45) is 59.2 Å². The summed E-state index contributed by atoms with van der Waals surface area (Å²) < 4.78 is 62.9. The van der Waals surface area contributed by atoms with Crippen LogP contribution in [0, 0.1) is 59.2 Å². The molecular formula is C54H70F4N6O8S2. The van der Waals surface area contributed by atoms with Gasteiger partial charge in [-0.05, 0) is 173 Å². The second-order valence-corrected chi connectivity index (χ2v) is 26.1. The summed E-state index contributed by atoms with van der Waals surface area (Å²) in [6.07, 6.45) is 14.1. The van der Waals surface area contributed by atoms with Gasteiger partial charge >= 0.3 is 25.2 Å². The molecule has 8 bridgehead atoms. The summed E-state index contributed by atoms with van der Waals surface area (Å²) >= 11 is 3.26. The van der Waals surface area contributed by atoms with Crippen molar-refractivity contribution in [3.63, 3.8) is 0 Å². The minimum absolute atomic E-state index is 0.0175. The number of carbonyl (C=O) groups excluding carboxylic acids is 2. The minimum atomic E-state index is -2.76. The van der Waals surface area contributed by atoms with Gasteiger partial charge in [-0.1, -0.05) is 19.8 Å². The molecule has 5 unspecified atom stereocenters. The Morgan fingerprint density at radius 3 is 1.69 bits per heavy atom. The van der Waals surface area contributed by atoms with Crippen LogP contribution in [0.15, 0.2) is 34.3 Å². The van der Waals surface area contributed by atoms with E-state index in [0.717, 1.165) is 80.3 Å². The van der Waals surface area contributed by atoms with E-state index in [4.69, 9.17) is 24.5 Å². The van der Waals surface area contributed by atoms with Crippen LogP contribution in [-0.2, 0) is 19.1 Å². The molecule has 12 aliphatic rings. The Morgan fingerprint density at radius 1 is 0.703 bits per heavy atom. The number of carbonyl (C=O) groups is 4. The molecule has 2 amide bonds. The molecule has 10 saturated carbocycles. The highest BCUT2D eigenvalue weighted by Crippen LogP contribution is 2.59. The number of aromatic nitrogens is 2. The van der Waals surface area contributed by atoms with Gasteiger partial charge in [0.05, 0.1) is 28.2 Å². The standard InChI is InChI=1S/C28H35F2N3O4S.C26H35F2N3O4S/c29-27(30)37-28-9-14-7-15(10-28)23(16(8-14)11-28)32-24(34)18-5-6-21(31-25(18)38-17-3-1-2-4-17)33-12-19-20(13-33)22(19)26(35)36;1-2-7-36-24-19(3-4-20(29-24)31-6-5-15(14-31)10-21(32)33)23(34)30-22-17-8-16-9-18(22)13-26(11-16,12-17)35-25(27)28/h5-6,14-17,19-20,22-23,27H,1-4,7-13H2,(H,32,34)(H,35,36);3-4,15-18,22,25H,2,5-14H2,1H3,(H,30,34)(H,32,33)/t14?,15?,16?,19-,20+,22?,23?,28?;15-,16?,17?,18?,22?,26?/m.1/s1. The summed E-state index contributed by atoms with van der Waals surface area (Å²) in [6.45, 7) is -0.630. The minimum Gasteiger partial charge on any atom is -0.481 e. The highest BCUT2D eigenvalue weighted by molar-refractivity contribution is 8.00. The normalized spacial score (nSPS) is 36.1. The molecule has 4 heterocycles. The molecule has 12 fully saturated rings. The Labute approximate surface area is 438 Å². The average molecular weight is 1070 g/mol. The number of hydrogen-bond donors (Lipinski definition) is 4. The monoisotopic (exact) mass is 1070 g/mol. The first-order valence-corrected chi connectivity index (χ1v) is 29.2. The number of aliphatic carboxylic acids is 2. The van der Waals surface area contributed by atoms with Crippen LogP contribution in [0.25, 0.3) is 0 Å². The number of nitrogens with zero attached hydrogens (tertiary/aromatic N) is 4. The van der Waals surface area contributed by atoms with E-state index in [2.05, 4.69) is 27.4 Å². The lowest BCUT2D eigenvalue weighted by atomic mass is 9.52. The van der Waals surface area contributed by atoms with Crippen LogP contribution < -0.4 is 20.4 Å². The maximum Gasteiger partial charge on any atom is 0.345 e. The highest BCUT2D eigenvalue weighted by atomic mass is 32.2. The zero-order valence-corrected chi connectivity index (χ0v) is 43.6. The number of pyridine rings is 2. The largest absolute Gasteiger partial charge is 0.481 e. The molecule has 2 aliphatic heterocycles. The Kier molecular flexibility index (Phi) is 14.9. The number of alkyl halides is 4. The predicted molar refractivity (Wildman–Crippen MR) is 270 cm³/mol. The summed E-state index contributed by atoms with van der Waals surface area (Å²) in [4.78, 5) is 63.7. The quantitative estimate of drug-likeness (QED) is 0.0818. The Balaban J connectivity index is 0.000000159. The number of carboxylic acid groups (broad SMARTS) is 2. The van der Waals surface area contributed by atoms with Crippen LogP contribution in [0.5, 0.6) is 0 Å². The second-order valence-electron chi connectivity index (χ2n) is 23.8. The van der Waals surface area contributed by atoms with Crippen molar-refractivity contribution < 1.29 is 56.4 Å². The summed E-state index contributed by atoms with van der Waals surface area (Å²) in [5, 5.41) is 26.9. The van der Waals surface area contributed by atoms with Gasteiger partial charge in [-0.2, -0.15) is 17.6 Å². The fourth-order valence-electron chi connectivity index (χ4n) is 16.2. The maximum atomic E-state index is 13.7. The van der Waals surface area contributed by atoms with Crippen molar-refractivity contribution in [3.05, 3.63) is 35.4 Å². The third-order valence-corrected chi connectivity index (χ3v) is 21.3. The van der Waals surface area contributed by atoms with Crippen LogP contribution >= 0.6 is 23.5 Å². The lowest BCUT2D eigenvalue weighted by Crippen LogP contribution is -2.62. The number of amides is 2. The number of nitrogens with one attached hydrogen (secondary N) is 2. The molecule has 8 atom stereocenters. The molecule has 20 heteroatoms. The first-order chi connectivity index (χ1) is 35.5. The molecular weight excluding hydrogens is 1000 g/mol. The number of carboxylic acids is 2. The molecule has 404 valence electrons. The number of fused-ring (bicyclic) bond motifs is 1. The Hall–Kier alpha value is -3.88. The van der Waals surface area contributed by atoms with E-state index in [9.17, 15) is 41.8 Å². The van der Waals surface area contributed by atoms with Crippen molar-refractivity contribution in [2.45, 2.75) is 168 Å². The molecule has 0 radical (unpaired) electrons. The molecule has 4 N–H and O–H groups in total. The number of ether oxygens (including phenoxy) is 2. The summed E-state index contributed by atoms with van der Waals surface area (Å²) in [5.41, 5.74) is -0.322. The molecule has 2 saturated heterocycles. The van der Waals surface area contributed by atoms with Gasteiger partial charge in [-0.3, -0.25) is 19.2 Å². The van der Waals surface area contributed by atoms with E-state index < -0.39 is 36.4 Å². The van der Waals surface area contributed by atoms with Gasteiger partial charge < -0.3 is 40.1 Å². The number of thioether (sulfide) groups is 2. The lowest BCUT2D eigenvalue weighted by Gasteiger charge is -2.59. The number of piperidine rings is 1. The van der Waals surface area contributed by atoms with Crippen molar-refractivity contribution in [3.8, 4) is 0 Å². The molecule has 2 aromatic heterocycles. The number of halogens is 4. The molecule has 0 aromatic carbocycles. The summed E-state index contributed by atoms with van der Waals surface area (Å²) in [7, 11) is 0. The van der Waals surface area contributed by atoms with Crippen molar-refractivity contribution in [1.82, 2.24) is 20.6 Å². The van der Waals surface area contributed by atoms with Gasteiger partial charge in [0, 0.05) is 49.9 Å². The first kappa shape index (κ1) is 52.2. The van der Waals surface area contributed by atoms with E-state index in [1.54, 1.807) is 23.5 Å². The maximum absolute atomic E-state index is 13.7. The third kappa shape index (κ3) is 10.9. The molecule has 14 nitrogen and oxygen atoms in total. The summed E-state index contributed by atoms with van der Waals surface area (Å²) in [5.74, 6) is 2.39. The predicted octanol–water partition coefficient (Wildman–Crippen LogP) is 9.60. The number of hydrogen-bond acceptors (Lipinski definition) is 12. The first-order valence-electron chi connectivity index (χ1n) is 27.3. The van der Waals surface area contributed by atoms with Gasteiger partial charge in [-0.15, -0.1) is 23.5 Å². The van der Waals surface area contributed by atoms with E-state index in [1.807, 2.05) is 24.3 Å². The fraction of sp³-hybridized carbons (Fsp3) is 0.741. The molecule has 2 aromatic rings. The molecule has 14 rings (SSSR count). The second kappa shape index (κ2) is 21.2. The van der Waals surface area contributed by atoms with Gasteiger partial charge in [0.1, 0.15) is 21.7 Å². The van der Waals surface area contributed by atoms with Crippen molar-refractivity contribution >= 4 is 58.9 Å². The molecule has 10 aliphatic carbocycles. The highest BCUT2D eigenvalue weighted by Gasteiger charge is 2.61. The molecule has 74 heavy (non-hydrogen) atoms. The van der Waals surface area contributed by atoms with Gasteiger partial charge in [0.15, 0.2) is 0 Å². The van der Waals surface area contributed by atoms with E-state index in [-0.39, 0.29) is 77.7 Å². The van der Waals surface area contributed by atoms with Crippen LogP contribution in [0.4, 0.5) is 29.2 Å². The van der Waals surface area contributed by atoms with Crippen molar-refractivity contribution in [1.29, 1.82) is 0 Å². The average Bonchev–Trinajstić information content (AvgIpc) is 3.80. The number of rotatable bonds is 18. The van der Waals surface area contributed by atoms with E-state index in [0.29, 0.717) is 91.4 Å². The number of anilines is 2. The van der Waals surface area contributed by atoms with E-state index in [1.165, 1.54) is 12.8 Å². The van der Waals surface area contributed by atoms with Crippen molar-refractivity contribution in [2.75, 3.05) is 41.7 Å². The van der Waals surface area contributed by atoms with Crippen LogP contribution in [0.3, 0.4) is 0 Å². The van der Waals surface area contributed by atoms with Gasteiger partial charge in [0.2, 0.25) is 0 Å². The third-order valence-electron chi connectivity index (χ3n) is 18.8. The lowest BCUT2D eigenvalue weighted by molar-refractivity contribution is -0.260. The summed E-state index contributed by atoms with van der Waals surface area (Å²) in [6, 6.07) is 7.42. The van der Waals surface area contributed by atoms with E-state index >= 15 is 0 Å². The topological polar surface area (TPSA) is 184 Å². The molecule has 0 spiro atoms. The van der Waals surface area contributed by atoms with Gasteiger partial charge in [-0.25, -0.2) is 9.97 Å².